The maximum Gasteiger partial charge on any atom is 0.234 e. The lowest BCUT2D eigenvalue weighted by atomic mass is 10.0. The molecule has 0 saturated carbocycles. The molecule has 0 atom stereocenters. The minimum atomic E-state index is -0.148. The second-order valence-corrected chi connectivity index (χ2v) is 5.08. The molecule has 0 unspecified atom stereocenters. The van der Waals surface area contributed by atoms with Gasteiger partial charge in [0.1, 0.15) is 5.75 Å². The topological polar surface area (TPSA) is 73.6 Å². The molecule has 0 spiro atoms. The molecule has 2 rings (SSSR count). The van der Waals surface area contributed by atoms with Crippen molar-refractivity contribution in [2.45, 2.75) is 25.7 Å². The lowest BCUT2D eigenvalue weighted by Gasteiger charge is -2.22. The molecular formula is C15H22N2O3. The van der Waals surface area contributed by atoms with Crippen LogP contribution >= 0.6 is 0 Å². The Balaban J connectivity index is 1.74. The van der Waals surface area contributed by atoms with E-state index in [9.17, 15) is 4.79 Å². The molecule has 0 bridgehead atoms. The molecule has 5 heteroatoms. The summed E-state index contributed by atoms with van der Waals surface area (Å²) in [5, 5.41) is 0. The molecule has 20 heavy (non-hydrogen) atoms. The summed E-state index contributed by atoms with van der Waals surface area (Å²) in [4.78, 5) is 11.1. The summed E-state index contributed by atoms with van der Waals surface area (Å²) < 4.78 is 11.1. The van der Waals surface area contributed by atoms with E-state index in [4.69, 9.17) is 15.3 Å². The van der Waals surface area contributed by atoms with E-state index in [0.717, 1.165) is 44.0 Å². The predicted octanol–water partition coefficient (Wildman–Crippen LogP) is 1.41. The van der Waals surface area contributed by atoms with Gasteiger partial charge in [0.2, 0.25) is 5.91 Å². The number of carbonyl (C=O) groups excluding carboxylic acids is 1. The molecule has 1 aliphatic rings. The van der Waals surface area contributed by atoms with Gasteiger partial charge in [0.05, 0.1) is 6.61 Å². The number of hydrazine groups is 1. The van der Waals surface area contributed by atoms with Crippen LogP contribution in [0.1, 0.15) is 24.8 Å². The number of hydrogen-bond acceptors (Lipinski definition) is 4. The maximum absolute atomic E-state index is 11.1. The molecule has 3 N–H and O–H groups in total. The SMILES string of the molecule is NNC(=O)CCc1ccc(OCC2CCOCC2)cc1. The molecule has 1 fully saturated rings. The summed E-state index contributed by atoms with van der Waals surface area (Å²) in [6, 6.07) is 7.89. The highest BCUT2D eigenvalue weighted by Gasteiger charge is 2.14. The van der Waals surface area contributed by atoms with Gasteiger partial charge in [-0.25, -0.2) is 5.84 Å². The highest BCUT2D eigenvalue weighted by molar-refractivity contribution is 5.75. The summed E-state index contributed by atoms with van der Waals surface area (Å²) in [7, 11) is 0. The van der Waals surface area contributed by atoms with Crippen LogP contribution in [-0.2, 0) is 16.0 Å². The smallest absolute Gasteiger partial charge is 0.234 e. The van der Waals surface area contributed by atoms with Crippen molar-refractivity contribution in [2.24, 2.45) is 11.8 Å². The number of carbonyl (C=O) groups is 1. The number of ether oxygens (including phenoxy) is 2. The van der Waals surface area contributed by atoms with Crippen LogP contribution in [-0.4, -0.2) is 25.7 Å². The quantitative estimate of drug-likeness (QED) is 0.469. The van der Waals surface area contributed by atoms with Gasteiger partial charge in [0.25, 0.3) is 0 Å². The normalized spacial score (nSPS) is 15.8. The first-order chi connectivity index (χ1) is 9.78. The van der Waals surface area contributed by atoms with Crippen LogP contribution in [0, 0.1) is 5.92 Å². The number of aryl methyl sites for hydroxylation is 1. The van der Waals surface area contributed by atoms with E-state index in [2.05, 4.69) is 5.43 Å². The third kappa shape index (κ3) is 4.83. The average Bonchev–Trinajstić information content (AvgIpc) is 2.52. The highest BCUT2D eigenvalue weighted by atomic mass is 16.5. The van der Waals surface area contributed by atoms with Crippen LogP contribution in [0.4, 0.5) is 0 Å². The van der Waals surface area contributed by atoms with Crippen molar-refractivity contribution < 1.29 is 14.3 Å². The van der Waals surface area contributed by atoms with Crippen molar-refractivity contribution in [3.05, 3.63) is 29.8 Å². The minimum Gasteiger partial charge on any atom is -0.493 e. The highest BCUT2D eigenvalue weighted by Crippen LogP contribution is 2.18. The maximum atomic E-state index is 11.1. The van der Waals surface area contributed by atoms with Gasteiger partial charge in [-0.1, -0.05) is 12.1 Å². The molecule has 1 heterocycles. The zero-order valence-electron chi connectivity index (χ0n) is 11.6. The van der Waals surface area contributed by atoms with Crippen LogP contribution in [0.25, 0.3) is 0 Å². The van der Waals surface area contributed by atoms with E-state index >= 15 is 0 Å². The number of nitrogens with two attached hydrogens (primary N) is 1. The first kappa shape index (κ1) is 14.8. The molecule has 0 radical (unpaired) electrons. The molecule has 0 aliphatic carbocycles. The number of nitrogens with one attached hydrogen (secondary N) is 1. The number of amides is 1. The van der Waals surface area contributed by atoms with Gasteiger partial charge in [-0.15, -0.1) is 0 Å². The Hall–Kier alpha value is -1.59. The number of rotatable bonds is 6. The standard InChI is InChI=1S/C15H22N2O3/c16-17-15(18)6-3-12-1-4-14(5-2-12)20-11-13-7-9-19-10-8-13/h1-2,4-5,13H,3,6-11,16H2,(H,17,18). The second-order valence-electron chi connectivity index (χ2n) is 5.08. The van der Waals surface area contributed by atoms with Gasteiger partial charge in [0, 0.05) is 19.6 Å². The summed E-state index contributed by atoms with van der Waals surface area (Å²) in [5.41, 5.74) is 3.23. The van der Waals surface area contributed by atoms with Gasteiger partial charge < -0.3 is 9.47 Å². The van der Waals surface area contributed by atoms with Gasteiger partial charge in [-0.05, 0) is 42.9 Å². The van der Waals surface area contributed by atoms with Crippen LogP contribution in [0.3, 0.4) is 0 Å². The first-order valence-corrected chi connectivity index (χ1v) is 7.07. The Morgan fingerprint density at radius 3 is 2.65 bits per heavy atom. The molecule has 1 aliphatic heterocycles. The summed E-state index contributed by atoms with van der Waals surface area (Å²) in [6.07, 6.45) is 3.24. The Kier molecular flexibility index (Phi) is 5.83. The monoisotopic (exact) mass is 278 g/mol. The minimum absolute atomic E-state index is 0.148. The van der Waals surface area contributed by atoms with Crippen molar-refractivity contribution >= 4 is 5.91 Å². The van der Waals surface area contributed by atoms with Crippen molar-refractivity contribution in [2.75, 3.05) is 19.8 Å². The summed E-state index contributed by atoms with van der Waals surface area (Å²) >= 11 is 0. The van der Waals surface area contributed by atoms with Crippen molar-refractivity contribution in [1.82, 2.24) is 5.43 Å². The van der Waals surface area contributed by atoms with Crippen LogP contribution in [0.2, 0.25) is 0 Å². The van der Waals surface area contributed by atoms with E-state index in [0.29, 0.717) is 18.8 Å². The Morgan fingerprint density at radius 2 is 2.00 bits per heavy atom. The third-order valence-corrected chi connectivity index (χ3v) is 3.55. The fourth-order valence-electron chi connectivity index (χ4n) is 2.21. The zero-order chi connectivity index (χ0) is 14.2. The molecule has 1 aromatic carbocycles. The second kappa shape index (κ2) is 7.87. The van der Waals surface area contributed by atoms with E-state index in [1.807, 2.05) is 24.3 Å². The van der Waals surface area contributed by atoms with E-state index < -0.39 is 0 Å². The van der Waals surface area contributed by atoms with Crippen LogP contribution < -0.4 is 16.0 Å². The lowest BCUT2D eigenvalue weighted by Crippen LogP contribution is -2.30. The van der Waals surface area contributed by atoms with E-state index in [-0.39, 0.29) is 5.91 Å². The Morgan fingerprint density at radius 1 is 1.30 bits per heavy atom. The first-order valence-electron chi connectivity index (χ1n) is 7.07. The van der Waals surface area contributed by atoms with Gasteiger partial charge in [0.15, 0.2) is 0 Å². The van der Waals surface area contributed by atoms with Crippen molar-refractivity contribution in [3.8, 4) is 5.75 Å². The summed E-state index contributed by atoms with van der Waals surface area (Å²) in [6.45, 7) is 2.44. The van der Waals surface area contributed by atoms with E-state index in [1.165, 1.54) is 0 Å². The van der Waals surface area contributed by atoms with Crippen molar-refractivity contribution in [1.29, 1.82) is 0 Å². The molecular weight excluding hydrogens is 256 g/mol. The molecule has 110 valence electrons. The van der Waals surface area contributed by atoms with Crippen LogP contribution in [0.15, 0.2) is 24.3 Å². The van der Waals surface area contributed by atoms with Gasteiger partial charge in [-0.3, -0.25) is 10.2 Å². The third-order valence-electron chi connectivity index (χ3n) is 3.55. The van der Waals surface area contributed by atoms with Crippen molar-refractivity contribution in [3.63, 3.8) is 0 Å². The zero-order valence-corrected chi connectivity index (χ0v) is 11.6. The summed E-state index contributed by atoms with van der Waals surface area (Å²) in [5.74, 6) is 6.37. The molecule has 0 aromatic heterocycles. The largest absolute Gasteiger partial charge is 0.493 e. The van der Waals surface area contributed by atoms with Gasteiger partial charge in [-0.2, -0.15) is 0 Å². The number of hydrogen-bond donors (Lipinski definition) is 2. The average molecular weight is 278 g/mol. The predicted molar refractivity (Wildman–Crippen MR) is 76.1 cm³/mol. The molecule has 1 amide bonds. The van der Waals surface area contributed by atoms with Crippen LogP contribution in [0.5, 0.6) is 5.75 Å². The molecule has 1 aromatic rings. The van der Waals surface area contributed by atoms with Gasteiger partial charge >= 0.3 is 0 Å². The Bertz CT molecular complexity index is 414. The fourth-order valence-corrected chi connectivity index (χ4v) is 2.21. The molecule has 5 nitrogen and oxygen atoms in total. The van der Waals surface area contributed by atoms with E-state index in [1.54, 1.807) is 0 Å². The number of benzene rings is 1. The fraction of sp³-hybridized carbons (Fsp3) is 0.533. The molecule has 1 saturated heterocycles. The Labute approximate surface area is 119 Å². The lowest BCUT2D eigenvalue weighted by molar-refractivity contribution is -0.121.